The van der Waals surface area contributed by atoms with Crippen molar-refractivity contribution in [2.24, 2.45) is 0 Å². The number of Topliss-reactive ketones (excluding diaryl/α,β-unsaturated/α-hetero) is 1. The molecule has 2 heterocycles. The molecule has 1 aliphatic rings. The van der Waals surface area contributed by atoms with E-state index in [-0.39, 0.29) is 17.2 Å². The fraction of sp³-hybridized carbons (Fsp3) is 0.148. The van der Waals surface area contributed by atoms with Gasteiger partial charge in [0.05, 0.1) is 18.2 Å². The average molecular weight is 454 g/mol. The van der Waals surface area contributed by atoms with Crippen LogP contribution in [0.1, 0.15) is 29.9 Å². The van der Waals surface area contributed by atoms with Crippen molar-refractivity contribution in [3.05, 3.63) is 95.3 Å². The van der Waals surface area contributed by atoms with E-state index < -0.39 is 17.7 Å². The second-order valence-electron chi connectivity index (χ2n) is 8.03. The Morgan fingerprint density at radius 1 is 1.03 bits per heavy atom. The normalized spacial score (nSPS) is 17.5. The van der Waals surface area contributed by atoms with Crippen LogP contribution >= 0.6 is 0 Å². The molecule has 1 saturated heterocycles. The number of ketones is 1. The van der Waals surface area contributed by atoms with E-state index >= 15 is 0 Å². The zero-order chi connectivity index (χ0) is 23.8. The highest BCUT2D eigenvalue weighted by atomic mass is 16.5. The van der Waals surface area contributed by atoms with E-state index in [4.69, 9.17) is 9.26 Å². The van der Waals surface area contributed by atoms with Gasteiger partial charge in [0.25, 0.3) is 5.78 Å². The lowest BCUT2D eigenvalue weighted by molar-refractivity contribution is -0.132. The molecule has 0 aliphatic carbocycles. The summed E-state index contributed by atoms with van der Waals surface area (Å²) in [7, 11) is 0. The van der Waals surface area contributed by atoms with E-state index in [1.54, 1.807) is 49.4 Å². The van der Waals surface area contributed by atoms with Crippen LogP contribution in [0.3, 0.4) is 0 Å². The summed E-state index contributed by atoms with van der Waals surface area (Å²) < 4.78 is 10.7. The largest absolute Gasteiger partial charge is 0.507 e. The van der Waals surface area contributed by atoms with Crippen molar-refractivity contribution in [3.8, 4) is 5.75 Å². The van der Waals surface area contributed by atoms with Crippen molar-refractivity contribution in [2.75, 3.05) is 11.5 Å². The molecule has 7 nitrogen and oxygen atoms in total. The summed E-state index contributed by atoms with van der Waals surface area (Å²) in [6, 6.07) is 20.9. The standard InChI is InChI=1S/C27H22N2O5/c1-3-33-21-12-10-18(11-13-21)24-23(26(31)27(32)29(24)22-14-16(2)34-28-22)25(30)20-9-8-17-6-4-5-7-19(17)15-20/h4-15,24,30H,3H2,1-2H3/b25-23+/t24-/m0/s1. The van der Waals surface area contributed by atoms with Gasteiger partial charge in [0.2, 0.25) is 0 Å². The molecule has 170 valence electrons. The number of rotatable bonds is 5. The number of aromatic nitrogens is 1. The minimum atomic E-state index is -0.883. The lowest BCUT2D eigenvalue weighted by Crippen LogP contribution is -2.29. The van der Waals surface area contributed by atoms with Crippen molar-refractivity contribution in [1.29, 1.82) is 0 Å². The maximum absolute atomic E-state index is 13.2. The van der Waals surface area contributed by atoms with Crippen molar-refractivity contribution in [1.82, 2.24) is 5.16 Å². The Morgan fingerprint density at radius 3 is 2.44 bits per heavy atom. The maximum Gasteiger partial charge on any atom is 0.301 e. The summed E-state index contributed by atoms with van der Waals surface area (Å²) in [6.45, 7) is 4.10. The molecular weight excluding hydrogens is 432 g/mol. The van der Waals surface area contributed by atoms with E-state index in [1.165, 1.54) is 4.90 Å². The molecule has 34 heavy (non-hydrogen) atoms. The molecule has 0 saturated carbocycles. The molecule has 1 atom stereocenters. The molecule has 1 fully saturated rings. The Balaban J connectivity index is 1.69. The highest BCUT2D eigenvalue weighted by Gasteiger charge is 2.48. The minimum Gasteiger partial charge on any atom is -0.507 e. The number of hydrogen-bond donors (Lipinski definition) is 1. The van der Waals surface area contributed by atoms with Crippen molar-refractivity contribution < 1.29 is 24.0 Å². The van der Waals surface area contributed by atoms with Crippen LogP contribution in [0.15, 0.2) is 82.9 Å². The predicted molar refractivity (Wildman–Crippen MR) is 128 cm³/mol. The number of aryl methyl sites for hydroxylation is 1. The van der Waals surface area contributed by atoms with Gasteiger partial charge in [-0.3, -0.25) is 14.5 Å². The molecule has 1 amide bonds. The van der Waals surface area contributed by atoms with Gasteiger partial charge in [-0.1, -0.05) is 53.7 Å². The van der Waals surface area contributed by atoms with Gasteiger partial charge >= 0.3 is 5.91 Å². The van der Waals surface area contributed by atoms with E-state index in [1.807, 2.05) is 37.3 Å². The number of nitrogens with zero attached hydrogens (tertiary/aromatic N) is 2. The third-order valence-electron chi connectivity index (χ3n) is 5.84. The Kier molecular flexibility index (Phi) is 5.37. The molecule has 1 aliphatic heterocycles. The van der Waals surface area contributed by atoms with Gasteiger partial charge in [0.1, 0.15) is 17.3 Å². The van der Waals surface area contributed by atoms with E-state index in [2.05, 4.69) is 5.16 Å². The number of fused-ring (bicyclic) bond motifs is 1. The van der Waals surface area contributed by atoms with Gasteiger partial charge in [-0.05, 0) is 48.4 Å². The number of aliphatic hydroxyl groups excluding tert-OH is 1. The van der Waals surface area contributed by atoms with Crippen molar-refractivity contribution >= 4 is 34.0 Å². The van der Waals surface area contributed by atoms with Crippen LogP contribution in [-0.4, -0.2) is 28.6 Å². The number of anilines is 1. The maximum atomic E-state index is 13.2. The number of aliphatic hydroxyl groups is 1. The average Bonchev–Trinajstić information content (AvgIpc) is 3.39. The second kappa shape index (κ2) is 8.51. The number of benzene rings is 3. The molecule has 4 aromatic rings. The first kappa shape index (κ1) is 21.5. The van der Waals surface area contributed by atoms with Crippen LogP contribution in [-0.2, 0) is 9.59 Å². The quantitative estimate of drug-likeness (QED) is 0.254. The summed E-state index contributed by atoms with van der Waals surface area (Å²) >= 11 is 0. The van der Waals surface area contributed by atoms with Gasteiger partial charge in [0, 0.05) is 11.6 Å². The predicted octanol–water partition coefficient (Wildman–Crippen LogP) is 5.16. The van der Waals surface area contributed by atoms with Crippen LogP contribution in [0, 0.1) is 6.92 Å². The first-order valence-electron chi connectivity index (χ1n) is 10.9. The van der Waals surface area contributed by atoms with Gasteiger partial charge in [-0.25, -0.2) is 0 Å². The molecule has 3 aromatic carbocycles. The lowest BCUT2D eigenvalue weighted by atomic mass is 9.94. The molecule has 0 spiro atoms. The zero-order valence-corrected chi connectivity index (χ0v) is 18.7. The van der Waals surface area contributed by atoms with Crippen LogP contribution in [0.5, 0.6) is 5.75 Å². The van der Waals surface area contributed by atoms with E-state index in [0.717, 1.165) is 10.8 Å². The molecule has 0 radical (unpaired) electrons. The Morgan fingerprint density at radius 2 is 1.76 bits per heavy atom. The smallest absolute Gasteiger partial charge is 0.301 e. The third-order valence-corrected chi connectivity index (χ3v) is 5.84. The first-order valence-corrected chi connectivity index (χ1v) is 10.9. The molecule has 7 heteroatoms. The number of amides is 1. The molecule has 1 aromatic heterocycles. The highest BCUT2D eigenvalue weighted by molar-refractivity contribution is 6.51. The first-order chi connectivity index (χ1) is 16.5. The monoisotopic (exact) mass is 454 g/mol. The molecular formula is C27H22N2O5. The SMILES string of the molecule is CCOc1ccc([C@H]2/C(=C(\O)c3ccc4ccccc4c3)C(=O)C(=O)N2c2cc(C)on2)cc1. The molecule has 0 bridgehead atoms. The van der Waals surface area contributed by atoms with Crippen molar-refractivity contribution in [3.63, 3.8) is 0 Å². The van der Waals surface area contributed by atoms with E-state index in [9.17, 15) is 14.7 Å². The highest BCUT2D eigenvalue weighted by Crippen LogP contribution is 2.42. The van der Waals surface area contributed by atoms with Crippen LogP contribution < -0.4 is 9.64 Å². The van der Waals surface area contributed by atoms with Gasteiger partial charge in [-0.15, -0.1) is 0 Å². The summed E-state index contributed by atoms with van der Waals surface area (Å²) in [6.07, 6.45) is 0. The molecule has 0 unspecified atom stereocenters. The lowest BCUT2D eigenvalue weighted by Gasteiger charge is -2.23. The van der Waals surface area contributed by atoms with Gasteiger partial charge < -0.3 is 14.4 Å². The van der Waals surface area contributed by atoms with Gasteiger partial charge in [-0.2, -0.15) is 0 Å². The Hall–Kier alpha value is -4.39. The second-order valence-corrected chi connectivity index (χ2v) is 8.03. The van der Waals surface area contributed by atoms with Crippen LogP contribution in [0.25, 0.3) is 16.5 Å². The summed E-state index contributed by atoms with van der Waals surface area (Å²) in [5, 5.41) is 17.2. The number of ether oxygens (including phenoxy) is 1. The third kappa shape index (κ3) is 3.61. The van der Waals surface area contributed by atoms with Crippen molar-refractivity contribution in [2.45, 2.75) is 19.9 Å². The fourth-order valence-corrected chi connectivity index (χ4v) is 4.26. The summed E-state index contributed by atoms with van der Waals surface area (Å²) in [5.74, 6) is -0.451. The summed E-state index contributed by atoms with van der Waals surface area (Å²) in [4.78, 5) is 27.7. The number of carbonyl (C=O) groups is 2. The minimum absolute atomic E-state index is 0.00917. The topological polar surface area (TPSA) is 92.9 Å². The van der Waals surface area contributed by atoms with Gasteiger partial charge in [0.15, 0.2) is 5.82 Å². The van der Waals surface area contributed by atoms with E-state index in [0.29, 0.717) is 29.2 Å². The number of carbonyl (C=O) groups excluding carboxylic acids is 2. The Labute approximate surface area is 195 Å². The summed E-state index contributed by atoms with van der Waals surface area (Å²) in [5.41, 5.74) is 1.07. The van der Waals surface area contributed by atoms with Crippen LogP contribution in [0.2, 0.25) is 0 Å². The zero-order valence-electron chi connectivity index (χ0n) is 18.7. The fourth-order valence-electron chi connectivity index (χ4n) is 4.26. The van der Waals surface area contributed by atoms with Crippen LogP contribution in [0.4, 0.5) is 5.82 Å². The molecule has 5 rings (SSSR count). The Bertz CT molecular complexity index is 1430. The molecule has 1 N–H and O–H groups in total. The number of hydrogen-bond acceptors (Lipinski definition) is 6.